The number of nitrogens with zero attached hydrogens (tertiary/aromatic N) is 2. The summed E-state index contributed by atoms with van der Waals surface area (Å²) in [6, 6.07) is 7.52. The van der Waals surface area contributed by atoms with Gasteiger partial charge in [0.1, 0.15) is 5.75 Å². The molecule has 0 unspecified atom stereocenters. The van der Waals surface area contributed by atoms with E-state index in [2.05, 4.69) is 16.6 Å². The third-order valence-corrected chi connectivity index (χ3v) is 3.65. The number of hydrogen-bond acceptors (Lipinski definition) is 5. The molecule has 0 aliphatic carbocycles. The van der Waals surface area contributed by atoms with Gasteiger partial charge in [-0.05, 0) is 17.7 Å². The van der Waals surface area contributed by atoms with Gasteiger partial charge in [-0.25, -0.2) is 0 Å². The highest BCUT2D eigenvalue weighted by Crippen LogP contribution is 2.33. The number of benzene rings is 1. The third-order valence-electron chi connectivity index (χ3n) is 3.65. The maximum Gasteiger partial charge on any atom is 0.118 e. The molecule has 108 valence electrons. The molecule has 1 aromatic carbocycles. The van der Waals surface area contributed by atoms with E-state index in [1.54, 1.807) is 7.11 Å². The lowest BCUT2D eigenvalue weighted by Gasteiger charge is -2.23. The van der Waals surface area contributed by atoms with Gasteiger partial charge in [-0.3, -0.25) is 4.90 Å². The largest absolute Gasteiger partial charge is 0.497 e. The van der Waals surface area contributed by atoms with Crippen LogP contribution in [-0.4, -0.2) is 47.7 Å². The van der Waals surface area contributed by atoms with Crippen molar-refractivity contribution in [3.8, 4) is 5.75 Å². The molecule has 1 heterocycles. The SMILES string of the molecule is C=CCN1C[C@H](CO)/C(=N/O)[C@H]1c1ccc(OC)cc1. The summed E-state index contributed by atoms with van der Waals surface area (Å²) in [6.45, 7) is 5.05. The zero-order valence-corrected chi connectivity index (χ0v) is 11.6. The van der Waals surface area contributed by atoms with E-state index in [0.29, 0.717) is 18.8 Å². The number of likely N-dealkylation sites (tertiary alicyclic amines) is 1. The molecule has 5 heteroatoms. The summed E-state index contributed by atoms with van der Waals surface area (Å²) in [7, 11) is 1.62. The first-order chi connectivity index (χ1) is 9.74. The summed E-state index contributed by atoms with van der Waals surface area (Å²) in [6.07, 6.45) is 1.81. The maximum atomic E-state index is 9.44. The van der Waals surface area contributed by atoms with Crippen LogP contribution in [0.3, 0.4) is 0 Å². The molecular weight excluding hydrogens is 256 g/mol. The lowest BCUT2D eigenvalue weighted by molar-refractivity contribution is 0.229. The van der Waals surface area contributed by atoms with E-state index in [1.807, 2.05) is 30.3 Å². The number of aliphatic hydroxyl groups is 1. The Hall–Kier alpha value is -1.85. The van der Waals surface area contributed by atoms with Crippen LogP contribution < -0.4 is 4.74 Å². The molecule has 0 radical (unpaired) electrons. The maximum absolute atomic E-state index is 9.44. The second-order valence-corrected chi connectivity index (χ2v) is 4.82. The Morgan fingerprint density at radius 1 is 1.45 bits per heavy atom. The quantitative estimate of drug-likeness (QED) is 0.488. The third kappa shape index (κ3) is 2.69. The number of rotatable bonds is 5. The van der Waals surface area contributed by atoms with Crippen LogP contribution in [0, 0.1) is 5.92 Å². The number of ether oxygens (including phenoxy) is 1. The minimum Gasteiger partial charge on any atom is -0.497 e. The van der Waals surface area contributed by atoms with Gasteiger partial charge < -0.3 is 15.1 Å². The van der Waals surface area contributed by atoms with Crippen LogP contribution in [0.2, 0.25) is 0 Å². The zero-order chi connectivity index (χ0) is 14.5. The minimum absolute atomic E-state index is 0.0281. The fourth-order valence-corrected chi connectivity index (χ4v) is 2.69. The van der Waals surface area contributed by atoms with Gasteiger partial charge in [0.2, 0.25) is 0 Å². The first-order valence-electron chi connectivity index (χ1n) is 6.56. The average Bonchev–Trinajstić information content (AvgIpc) is 2.85. The van der Waals surface area contributed by atoms with E-state index in [0.717, 1.165) is 11.3 Å². The van der Waals surface area contributed by atoms with E-state index in [-0.39, 0.29) is 18.6 Å². The van der Waals surface area contributed by atoms with Gasteiger partial charge in [0, 0.05) is 19.0 Å². The van der Waals surface area contributed by atoms with E-state index in [1.165, 1.54) is 0 Å². The highest BCUT2D eigenvalue weighted by Gasteiger charge is 2.38. The molecule has 0 bridgehead atoms. The molecule has 1 saturated heterocycles. The lowest BCUT2D eigenvalue weighted by atomic mass is 9.97. The molecule has 2 N–H and O–H groups in total. The number of hydrogen-bond donors (Lipinski definition) is 2. The van der Waals surface area contributed by atoms with Gasteiger partial charge >= 0.3 is 0 Å². The first kappa shape index (κ1) is 14.6. The van der Waals surface area contributed by atoms with Crippen molar-refractivity contribution in [2.45, 2.75) is 6.04 Å². The number of oxime groups is 1. The molecule has 20 heavy (non-hydrogen) atoms. The Balaban J connectivity index is 2.34. The molecule has 0 amide bonds. The summed E-state index contributed by atoms with van der Waals surface area (Å²) in [5.41, 5.74) is 1.61. The minimum atomic E-state index is -0.146. The smallest absolute Gasteiger partial charge is 0.118 e. The van der Waals surface area contributed by atoms with Crippen molar-refractivity contribution in [2.24, 2.45) is 11.1 Å². The normalized spacial score (nSPS) is 25.0. The van der Waals surface area contributed by atoms with E-state index < -0.39 is 0 Å². The van der Waals surface area contributed by atoms with Gasteiger partial charge in [-0.1, -0.05) is 23.4 Å². The number of aliphatic hydroxyl groups excluding tert-OH is 1. The van der Waals surface area contributed by atoms with Crippen molar-refractivity contribution in [1.82, 2.24) is 4.90 Å². The van der Waals surface area contributed by atoms with Crippen LogP contribution in [0.15, 0.2) is 42.1 Å². The highest BCUT2D eigenvalue weighted by molar-refractivity contribution is 5.94. The Labute approximate surface area is 118 Å². The van der Waals surface area contributed by atoms with E-state index in [9.17, 15) is 10.3 Å². The highest BCUT2D eigenvalue weighted by atomic mass is 16.5. The van der Waals surface area contributed by atoms with Gasteiger partial charge in [-0.15, -0.1) is 6.58 Å². The van der Waals surface area contributed by atoms with Crippen molar-refractivity contribution < 1.29 is 15.1 Å². The molecular formula is C15H20N2O3. The van der Waals surface area contributed by atoms with Crippen molar-refractivity contribution in [1.29, 1.82) is 0 Å². The molecule has 2 rings (SSSR count). The predicted molar refractivity (Wildman–Crippen MR) is 77.3 cm³/mol. The van der Waals surface area contributed by atoms with Gasteiger partial charge in [0.15, 0.2) is 0 Å². The summed E-state index contributed by atoms with van der Waals surface area (Å²) in [5, 5.41) is 22.1. The summed E-state index contributed by atoms with van der Waals surface area (Å²) >= 11 is 0. The molecule has 1 fully saturated rings. The van der Waals surface area contributed by atoms with Crippen LogP contribution in [-0.2, 0) is 0 Å². The van der Waals surface area contributed by atoms with Crippen molar-refractivity contribution in [3.63, 3.8) is 0 Å². The predicted octanol–water partition coefficient (Wildman–Crippen LogP) is 1.68. The first-order valence-corrected chi connectivity index (χ1v) is 6.56. The fourth-order valence-electron chi connectivity index (χ4n) is 2.69. The van der Waals surface area contributed by atoms with E-state index in [4.69, 9.17) is 4.74 Å². The van der Waals surface area contributed by atoms with Crippen LogP contribution in [0.4, 0.5) is 0 Å². The Bertz CT molecular complexity index is 484. The molecule has 0 saturated carbocycles. The van der Waals surface area contributed by atoms with Crippen molar-refractivity contribution in [3.05, 3.63) is 42.5 Å². The van der Waals surface area contributed by atoms with Crippen LogP contribution >= 0.6 is 0 Å². The zero-order valence-electron chi connectivity index (χ0n) is 11.6. The Morgan fingerprint density at radius 2 is 2.15 bits per heavy atom. The topological polar surface area (TPSA) is 65.3 Å². The fraction of sp³-hybridized carbons (Fsp3) is 0.400. The summed E-state index contributed by atoms with van der Waals surface area (Å²) < 4.78 is 5.15. The molecule has 0 aromatic heterocycles. The van der Waals surface area contributed by atoms with Crippen LogP contribution in [0.1, 0.15) is 11.6 Å². The second-order valence-electron chi connectivity index (χ2n) is 4.82. The average molecular weight is 276 g/mol. The van der Waals surface area contributed by atoms with Gasteiger partial charge in [0.25, 0.3) is 0 Å². The molecule has 1 aliphatic heterocycles. The van der Waals surface area contributed by atoms with Crippen LogP contribution in [0.25, 0.3) is 0 Å². The monoisotopic (exact) mass is 276 g/mol. The Kier molecular flexibility index (Phi) is 4.76. The molecule has 1 aliphatic rings. The second kappa shape index (κ2) is 6.54. The van der Waals surface area contributed by atoms with Crippen molar-refractivity contribution >= 4 is 5.71 Å². The summed E-state index contributed by atoms with van der Waals surface area (Å²) in [4.78, 5) is 2.13. The van der Waals surface area contributed by atoms with Gasteiger partial charge in [0.05, 0.1) is 25.5 Å². The number of methoxy groups -OCH3 is 1. The van der Waals surface area contributed by atoms with Crippen molar-refractivity contribution in [2.75, 3.05) is 26.8 Å². The van der Waals surface area contributed by atoms with Crippen LogP contribution in [0.5, 0.6) is 5.75 Å². The summed E-state index contributed by atoms with van der Waals surface area (Å²) in [5.74, 6) is 0.635. The lowest BCUT2D eigenvalue weighted by Crippen LogP contribution is -2.25. The molecule has 0 spiro atoms. The molecule has 1 aromatic rings. The molecule has 5 nitrogen and oxygen atoms in total. The van der Waals surface area contributed by atoms with Gasteiger partial charge in [-0.2, -0.15) is 0 Å². The standard InChI is InChI=1S/C15H20N2O3/c1-3-8-17-9-12(10-18)14(16-19)15(17)11-4-6-13(20-2)7-5-11/h3-7,12,15,18-19H,1,8-10H2,2H3/b16-14-/t12-,15-/m1/s1. The van der Waals surface area contributed by atoms with E-state index >= 15 is 0 Å². The Morgan fingerprint density at radius 3 is 2.65 bits per heavy atom. The molecule has 2 atom stereocenters.